The lowest BCUT2D eigenvalue weighted by Crippen LogP contribution is -2.50. The van der Waals surface area contributed by atoms with Crippen LogP contribution in [0.15, 0.2) is 0 Å². The van der Waals surface area contributed by atoms with Crippen LogP contribution in [0.3, 0.4) is 0 Å². The average Bonchev–Trinajstić information content (AvgIpc) is 2.07. The molecule has 1 fully saturated rings. The van der Waals surface area contributed by atoms with Crippen molar-refractivity contribution in [3.05, 3.63) is 0 Å². The normalized spacial score (nSPS) is 31.3. The second kappa shape index (κ2) is 3.70. The molecule has 0 aromatic carbocycles. The molecule has 1 rings (SSSR count). The van der Waals surface area contributed by atoms with Crippen LogP contribution in [0.1, 0.15) is 19.8 Å². The van der Waals surface area contributed by atoms with E-state index in [0.717, 1.165) is 26.0 Å². The van der Waals surface area contributed by atoms with Gasteiger partial charge in [-0.05, 0) is 19.4 Å². The summed E-state index contributed by atoms with van der Waals surface area (Å²) in [4.78, 5) is 0. The Morgan fingerprint density at radius 1 is 1.73 bits per heavy atom. The topological polar surface area (TPSA) is 45.0 Å². The minimum Gasteiger partial charge on any atom is -0.378 e. The quantitative estimate of drug-likeness (QED) is 0.635. The Labute approximate surface area is 67.3 Å². The molecule has 1 aliphatic rings. The first-order chi connectivity index (χ1) is 5.33. The van der Waals surface area contributed by atoms with Gasteiger partial charge in [-0.15, -0.1) is 0 Å². The number of hydrogen-bond acceptors (Lipinski definition) is 3. The minimum atomic E-state index is -0.396. The smallest absolute Gasteiger partial charge is 0.130 e. The van der Waals surface area contributed by atoms with E-state index < -0.39 is 5.54 Å². The van der Waals surface area contributed by atoms with Crippen molar-refractivity contribution < 1.29 is 4.74 Å². The molecule has 0 saturated carbocycles. The molecule has 0 aromatic rings. The highest BCUT2D eigenvalue weighted by atomic mass is 16.5. The molecule has 1 heterocycles. The largest absolute Gasteiger partial charge is 0.378 e. The number of ether oxygens (including phenoxy) is 1. The Kier molecular flexibility index (Phi) is 2.86. The number of nitrogens with one attached hydrogen (secondary N) is 1. The van der Waals surface area contributed by atoms with Crippen molar-refractivity contribution in [1.82, 2.24) is 5.32 Å². The van der Waals surface area contributed by atoms with Crippen LogP contribution in [-0.4, -0.2) is 25.3 Å². The van der Waals surface area contributed by atoms with Crippen LogP contribution in [0, 0.1) is 11.3 Å². The molecule has 0 spiro atoms. The lowest BCUT2D eigenvalue weighted by molar-refractivity contribution is 0.0450. The Morgan fingerprint density at radius 3 is 3.00 bits per heavy atom. The predicted molar refractivity (Wildman–Crippen MR) is 42.1 cm³/mol. The highest BCUT2D eigenvalue weighted by Gasteiger charge is 2.31. The SMILES string of the molecule is CCN[C@@]1(C#N)CCCOC1. The zero-order valence-electron chi connectivity index (χ0n) is 6.89. The maximum absolute atomic E-state index is 8.88. The summed E-state index contributed by atoms with van der Waals surface area (Å²) >= 11 is 0. The van der Waals surface area contributed by atoms with Crippen molar-refractivity contribution in [3.8, 4) is 6.07 Å². The number of hydrogen-bond donors (Lipinski definition) is 1. The summed E-state index contributed by atoms with van der Waals surface area (Å²) in [5.74, 6) is 0. The van der Waals surface area contributed by atoms with Crippen LogP contribution in [-0.2, 0) is 4.74 Å². The molecule has 0 aromatic heterocycles. The maximum Gasteiger partial charge on any atom is 0.130 e. The molecule has 11 heavy (non-hydrogen) atoms. The molecule has 0 amide bonds. The van der Waals surface area contributed by atoms with Gasteiger partial charge in [0.2, 0.25) is 0 Å². The van der Waals surface area contributed by atoms with Gasteiger partial charge >= 0.3 is 0 Å². The number of rotatable bonds is 2. The molecule has 0 radical (unpaired) electrons. The molecule has 3 heteroatoms. The van der Waals surface area contributed by atoms with Gasteiger partial charge in [-0.25, -0.2) is 0 Å². The van der Waals surface area contributed by atoms with Gasteiger partial charge in [0.25, 0.3) is 0 Å². The fourth-order valence-electron chi connectivity index (χ4n) is 1.40. The third-order valence-electron chi connectivity index (χ3n) is 1.97. The molecule has 62 valence electrons. The van der Waals surface area contributed by atoms with Gasteiger partial charge in [-0.1, -0.05) is 6.92 Å². The van der Waals surface area contributed by atoms with Crippen molar-refractivity contribution in [2.24, 2.45) is 0 Å². The molecule has 0 bridgehead atoms. The van der Waals surface area contributed by atoms with E-state index in [1.165, 1.54) is 0 Å². The number of nitrogens with zero attached hydrogens (tertiary/aromatic N) is 1. The summed E-state index contributed by atoms with van der Waals surface area (Å²) < 4.78 is 5.24. The lowest BCUT2D eigenvalue weighted by atomic mass is 9.94. The Morgan fingerprint density at radius 2 is 2.55 bits per heavy atom. The standard InChI is InChI=1S/C8H14N2O/c1-2-10-8(6-9)4-3-5-11-7-8/h10H,2-5,7H2,1H3/t8-/m1/s1. The summed E-state index contributed by atoms with van der Waals surface area (Å²) in [6, 6.07) is 2.28. The summed E-state index contributed by atoms with van der Waals surface area (Å²) in [7, 11) is 0. The molecular formula is C8H14N2O. The summed E-state index contributed by atoms with van der Waals surface area (Å²) in [6.07, 6.45) is 1.90. The van der Waals surface area contributed by atoms with Crippen LogP contribution < -0.4 is 5.32 Å². The second-order valence-corrected chi connectivity index (χ2v) is 2.88. The molecule has 3 nitrogen and oxygen atoms in total. The van der Waals surface area contributed by atoms with E-state index in [-0.39, 0.29) is 0 Å². The number of likely N-dealkylation sites (N-methyl/N-ethyl adjacent to an activating group) is 1. The lowest BCUT2D eigenvalue weighted by Gasteiger charge is -2.30. The summed E-state index contributed by atoms with van der Waals surface area (Å²) in [5, 5.41) is 12.0. The maximum atomic E-state index is 8.88. The third kappa shape index (κ3) is 1.92. The first-order valence-corrected chi connectivity index (χ1v) is 4.07. The summed E-state index contributed by atoms with van der Waals surface area (Å²) in [5.41, 5.74) is -0.396. The van der Waals surface area contributed by atoms with Gasteiger partial charge in [-0.2, -0.15) is 5.26 Å². The third-order valence-corrected chi connectivity index (χ3v) is 1.97. The Bertz CT molecular complexity index is 150. The summed E-state index contributed by atoms with van der Waals surface area (Å²) in [6.45, 7) is 4.18. The average molecular weight is 154 g/mol. The zero-order valence-corrected chi connectivity index (χ0v) is 6.89. The molecular weight excluding hydrogens is 140 g/mol. The highest BCUT2D eigenvalue weighted by molar-refractivity contribution is 5.08. The molecule has 0 unspecified atom stereocenters. The second-order valence-electron chi connectivity index (χ2n) is 2.88. The van der Waals surface area contributed by atoms with Crippen molar-refractivity contribution in [3.63, 3.8) is 0 Å². The van der Waals surface area contributed by atoms with E-state index in [4.69, 9.17) is 10.00 Å². The predicted octanol–water partition coefficient (Wildman–Crippen LogP) is 0.669. The van der Waals surface area contributed by atoms with Gasteiger partial charge in [0.05, 0.1) is 12.7 Å². The van der Waals surface area contributed by atoms with Crippen molar-refractivity contribution in [2.75, 3.05) is 19.8 Å². The van der Waals surface area contributed by atoms with Gasteiger partial charge in [0.1, 0.15) is 5.54 Å². The Balaban J connectivity index is 2.51. The van der Waals surface area contributed by atoms with Crippen LogP contribution in [0.5, 0.6) is 0 Å². The van der Waals surface area contributed by atoms with Crippen molar-refractivity contribution >= 4 is 0 Å². The van der Waals surface area contributed by atoms with E-state index in [2.05, 4.69) is 11.4 Å². The highest BCUT2D eigenvalue weighted by Crippen LogP contribution is 2.17. The van der Waals surface area contributed by atoms with Crippen LogP contribution >= 0.6 is 0 Å². The van der Waals surface area contributed by atoms with Gasteiger partial charge < -0.3 is 4.74 Å². The van der Waals surface area contributed by atoms with Crippen molar-refractivity contribution in [2.45, 2.75) is 25.3 Å². The van der Waals surface area contributed by atoms with Gasteiger partial charge in [0.15, 0.2) is 0 Å². The minimum absolute atomic E-state index is 0.396. The fourth-order valence-corrected chi connectivity index (χ4v) is 1.40. The molecule has 1 saturated heterocycles. The van der Waals surface area contributed by atoms with Gasteiger partial charge in [-0.3, -0.25) is 5.32 Å². The monoisotopic (exact) mass is 154 g/mol. The fraction of sp³-hybridized carbons (Fsp3) is 0.875. The molecule has 1 aliphatic heterocycles. The van der Waals surface area contributed by atoms with E-state index in [1.807, 2.05) is 6.92 Å². The van der Waals surface area contributed by atoms with E-state index in [9.17, 15) is 0 Å². The Hall–Kier alpha value is -0.590. The van der Waals surface area contributed by atoms with Crippen molar-refractivity contribution in [1.29, 1.82) is 5.26 Å². The van der Waals surface area contributed by atoms with Crippen LogP contribution in [0.2, 0.25) is 0 Å². The first kappa shape index (κ1) is 8.51. The molecule has 1 atom stereocenters. The number of nitriles is 1. The zero-order chi connectivity index (χ0) is 8.16. The van der Waals surface area contributed by atoms with Gasteiger partial charge in [0, 0.05) is 6.61 Å². The molecule has 1 N–H and O–H groups in total. The van der Waals surface area contributed by atoms with E-state index >= 15 is 0 Å². The first-order valence-electron chi connectivity index (χ1n) is 4.07. The van der Waals surface area contributed by atoms with Crippen LogP contribution in [0.25, 0.3) is 0 Å². The van der Waals surface area contributed by atoms with E-state index in [1.54, 1.807) is 0 Å². The van der Waals surface area contributed by atoms with Crippen LogP contribution in [0.4, 0.5) is 0 Å². The molecule has 0 aliphatic carbocycles. The van der Waals surface area contributed by atoms with E-state index in [0.29, 0.717) is 6.61 Å².